The summed E-state index contributed by atoms with van der Waals surface area (Å²) in [6.45, 7) is 4.07. The Bertz CT molecular complexity index is 580. The zero-order valence-corrected chi connectivity index (χ0v) is 11.5. The molecule has 2 aliphatic rings. The van der Waals surface area contributed by atoms with Crippen molar-refractivity contribution in [1.29, 1.82) is 0 Å². The second kappa shape index (κ2) is 4.90. The number of pyridine rings is 1. The van der Waals surface area contributed by atoms with Crippen molar-refractivity contribution in [3.8, 4) is 0 Å². The molecule has 0 bridgehead atoms. The van der Waals surface area contributed by atoms with Gasteiger partial charge in [0, 0.05) is 49.8 Å². The van der Waals surface area contributed by atoms with Gasteiger partial charge in [-0.2, -0.15) is 0 Å². The Morgan fingerprint density at radius 1 is 1.30 bits per heavy atom. The number of aromatic nitrogens is 3. The number of hydrogen-bond donors (Lipinski definition) is 1. The molecule has 0 unspecified atom stereocenters. The summed E-state index contributed by atoms with van der Waals surface area (Å²) in [5.74, 6) is 2.24. The maximum absolute atomic E-state index is 4.63. The molecule has 0 amide bonds. The molecule has 1 atom stereocenters. The highest BCUT2D eigenvalue weighted by atomic mass is 15.3. The van der Waals surface area contributed by atoms with Gasteiger partial charge in [-0.05, 0) is 18.9 Å². The van der Waals surface area contributed by atoms with E-state index >= 15 is 0 Å². The van der Waals surface area contributed by atoms with Crippen LogP contribution >= 0.6 is 0 Å². The number of nitrogens with one attached hydrogen (secondary N) is 1. The van der Waals surface area contributed by atoms with Gasteiger partial charge in [-0.1, -0.05) is 6.07 Å². The lowest BCUT2D eigenvalue weighted by Gasteiger charge is -2.26. The predicted molar refractivity (Wildman–Crippen MR) is 77.3 cm³/mol. The van der Waals surface area contributed by atoms with Crippen LogP contribution in [0.2, 0.25) is 0 Å². The Balaban J connectivity index is 1.64. The Morgan fingerprint density at radius 3 is 3.20 bits per heavy atom. The number of imidazole rings is 1. The minimum Gasteiger partial charge on any atom is -0.352 e. The molecule has 0 spiro atoms. The van der Waals surface area contributed by atoms with Gasteiger partial charge >= 0.3 is 0 Å². The van der Waals surface area contributed by atoms with Gasteiger partial charge in [-0.15, -0.1) is 0 Å². The van der Waals surface area contributed by atoms with E-state index in [0.717, 1.165) is 32.0 Å². The maximum atomic E-state index is 4.63. The maximum Gasteiger partial charge on any atom is 0.133 e. The highest BCUT2D eigenvalue weighted by Gasteiger charge is 2.32. The molecule has 1 fully saturated rings. The zero-order chi connectivity index (χ0) is 13.4. The van der Waals surface area contributed by atoms with Gasteiger partial charge in [-0.3, -0.25) is 4.90 Å². The molecule has 2 aromatic rings. The van der Waals surface area contributed by atoms with Crippen LogP contribution in [0.4, 0.5) is 5.82 Å². The molecule has 0 aliphatic carbocycles. The molecule has 2 aromatic heterocycles. The minimum atomic E-state index is 0.598. The number of H-pyrrole nitrogens is 1. The van der Waals surface area contributed by atoms with Crippen molar-refractivity contribution in [1.82, 2.24) is 19.9 Å². The van der Waals surface area contributed by atoms with Gasteiger partial charge in [-0.25, -0.2) is 9.97 Å². The minimum absolute atomic E-state index is 0.598. The molecule has 5 heteroatoms. The highest BCUT2D eigenvalue weighted by molar-refractivity contribution is 5.49. The molecular formula is C15H19N5. The van der Waals surface area contributed by atoms with E-state index in [1.54, 1.807) is 0 Å². The third kappa shape index (κ3) is 2.08. The molecular weight excluding hydrogens is 250 g/mol. The van der Waals surface area contributed by atoms with E-state index in [0.29, 0.717) is 6.04 Å². The molecule has 1 N–H and O–H groups in total. The van der Waals surface area contributed by atoms with E-state index in [1.807, 2.05) is 24.7 Å². The Kier molecular flexibility index (Phi) is 2.92. The van der Waals surface area contributed by atoms with Crippen LogP contribution in [-0.2, 0) is 13.1 Å². The van der Waals surface area contributed by atoms with E-state index in [2.05, 4.69) is 30.8 Å². The topological polar surface area (TPSA) is 48.1 Å². The monoisotopic (exact) mass is 269 g/mol. The van der Waals surface area contributed by atoms with Crippen molar-refractivity contribution in [2.24, 2.45) is 0 Å². The number of aromatic amines is 1. The first-order chi connectivity index (χ1) is 9.90. The second-order valence-electron chi connectivity index (χ2n) is 5.68. The second-order valence-corrected chi connectivity index (χ2v) is 5.68. The van der Waals surface area contributed by atoms with Gasteiger partial charge in [0.1, 0.15) is 11.6 Å². The van der Waals surface area contributed by atoms with Gasteiger partial charge in [0.2, 0.25) is 0 Å². The van der Waals surface area contributed by atoms with Crippen LogP contribution in [0.3, 0.4) is 0 Å². The number of anilines is 1. The van der Waals surface area contributed by atoms with Crippen molar-refractivity contribution in [3.05, 3.63) is 42.1 Å². The summed E-state index contributed by atoms with van der Waals surface area (Å²) in [5, 5.41) is 0. The summed E-state index contributed by atoms with van der Waals surface area (Å²) in [7, 11) is 0. The first-order valence-corrected chi connectivity index (χ1v) is 7.31. The molecule has 104 valence electrons. The highest BCUT2D eigenvalue weighted by Crippen LogP contribution is 2.31. The van der Waals surface area contributed by atoms with Crippen molar-refractivity contribution in [3.63, 3.8) is 0 Å². The van der Waals surface area contributed by atoms with Gasteiger partial charge in [0.25, 0.3) is 0 Å². The lowest BCUT2D eigenvalue weighted by Crippen LogP contribution is -2.37. The van der Waals surface area contributed by atoms with Gasteiger partial charge in [0.15, 0.2) is 0 Å². The summed E-state index contributed by atoms with van der Waals surface area (Å²) in [6.07, 6.45) is 8.17. The average Bonchev–Trinajstić information content (AvgIpc) is 3.09. The molecule has 0 aromatic carbocycles. The number of nitrogens with zero attached hydrogens (tertiary/aromatic N) is 4. The van der Waals surface area contributed by atoms with Crippen LogP contribution in [0.1, 0.15) is 24.2 Å². The standard InChI is InChI=1S/C15H19N5/c1-3-12-9-19(11-14-16-6-7-17-14)10-13-4-2-8-20(13)15(12)18-5-1/h1,3,5-7,13H,2,4,8-11H2,(H,16,17)/t13-/m0/s1. The molecule has 4 rings (SSSR count). The SMILES string of the molecule is c1cnc2c(c1)CN(Cc1ncc[nH]1)C[C@@H]1CCCN21. The van der Waals surface area contributed by atoms with Crippen molar-refractivity contribution >= 4 is 5.82 Å². The van der Waals surface area contributed by atoms with Gasteiger partial charge < -0.3 is 9.88 Å². The lowest BCUT2D eigenvalue weighted by molar-refractivity contribution is 0.242. The molecule has 5 nitrogen and oxygen atoms in total. The van der Waals surface area contributed by atoms with Crippen LogP contribution in [0.25, 0.3) is 0 Å². The molecule has 1 saturated heterocycles. The van der Waals surface area contributed by atoms with Crippen LogP contribution in [0.5, 0.6) is 0 Å². The number of rotatable bonds is 2. The normalized spacial score (nSPS) is 22.4. The van der Waals surface area contributed by atoms with E-state index in [9.17, 15) is 0 Å². The van der Waals surface area contributed by atoms with E-state index < -0.39 is 0 Å². The van der Waals surface area contributed by atoms with Crippen LogP contribution in [0.15, 0.2) is 30.7 Å². The average molecular weight is 269 g/mol. The molecule has 20 heavy (non-hydrogen) atoms. The first-order valence-electron chi connectivity index (χ1n) is 7.31. The fourth-order valence-electron chi connectivity index (χ4n) is 3.44. The largest absolute Gasteiger partial charge is 0.352 e. The summed E-state index contributed by atoms with van der Waals surface area (Å²) in [5.41, 5.74) is 1.34. The summed E-state index contributed by atoms with van der Waals surface area (Å²) in [4.78, 5) is 17.2. The van der Waals surface area contributed by atoms with Crippen molar-refractivity contribution in [2.75, 3.05) is 18.0 Å². The number of hydrogen-bond acceptors (Lipinski definition) is 4. The molecule has 4 heterocycles. The van der Waals surface area contributed by atoms with Crippen LogP contribution in [-0.4, -0.2) is 39.0 Å². The van der Waals surface area contributed by atoms with Crippen molar-refractivity contribution in [2.45, 2.75) is 32.0 Å². The Morgan fingerprint density at radius 2 is 2.30 bits per heavy atom. The molecule has 0 radical (unpaired) electrons. The fraction of sp³-hybridized carbons (Fsp3) is 0.467. The van der Waals surface area contributed by atoms with Crippen LogP contribution in [0, 0.1) is 0 Å². The smallest absolute Gasteiger partial charge is 0.133 e. The zero-order valence-electron chi connectivity index (χ0n) is 11.5. The number of fused-ring (bicyclic) bond motifs is 3. The quantitative estimate of drug-likeness (QED) is 0.903. The summed E-state index contributed by atoms with van der Waals surface area (Å²) >= 11 is 0. The fourth-order valence-corrected chi connectivity index (χ4v) is 3.44. The third-order valence-electron chi connectivity index (χ3n) is 4.31. The summed E-state index contributed by atoms with van der Waals surface area (Å²) < 4.78 is 0. The van der Waals surface area contributed by atoms with Gasteiger partial charge in [0.05, 0.1) is 6.54 Å². The summed E-state index contributed by atoms with van der Waals surface area (Å²) in [6, 6.07) is 4.85. The first kappa shape index (κ1) is 11.9. The lowest BCUT2D eigenvalue weighted by atomic mass is 10.2. The van der Waals surface area contributed by atoms with E-state index in [4.69, 9.17) is 0 Å². The molecule has 2 aliphatic heterocycles. The van der Waals surface area contributed by atoms with Crippen LogP contribution < -0.4 is 4.90 Å². The Labute approximate surface area is 118 Å². The third-order valence-corrected chi connectivity index (χ3v) is 4.31. The predicted octanol–water partition coefficient (Wildman–Crippen LogP) is 1.79. The van der Waals surface area contributed by atoms with Crippen molar-refractivity contribution < 1.29 is 0 Å². The Hall–Kier alpha value is -1.88. The van der Waals surface area contributed by atoms with E-state index in [-0.39, 0.29) is 0 Å². The van der Waals surface area contributed by atoms with E-state index in [1.165, 1.54) is 24.2 Å². The molecule has 0 saturated carbocycles.